The highest BCUT2D eigenvalue weighted by Gasteiger charge is 2.35. The van der Waals surface area contributed by atoms with Gasteiger partial charge in [-0.25, -0.2) is 0 Å². The summed E-state index contributed by atoms with van der Waals surface area (Å²) in [6, 6.07) is 0. The fourth-order valence-corrected chi connectivity index (χ4v) is 2.53. The number of nitrogens with zero attached hydrogens (tertiary/aromatic N) is 1. The minimum absolute atomic E-state index is 0.506. The van der Waals surface area contributed by atoms with Crippen LogP contribution in [0.5, 0.6) is 0 Å². The van der Waals surface area contributed by atoms with E-state index in [0.29, 0.717) is 5.41 Å². The van der Waals surface area contributed by atoms with Gasteiger partial charge in [0.1, 0.15) is 0 Å². The third-order valence-electron chi connectivity index (χ3n) is 3.51. The molecule has 0 aromatic rings. The maximum atomic E-state index is 10.4. The second-order valence-corrected chi connectivity index (χ2v) is 4.36. The molecular weight excluding hydrogens is 164 g/mol. The molecule has 3 heteroatoms. The van der Waals surface area contributed by atoms with E-state index in [9.17, 15) is 4.79 Å². The molecule has 0 saturated carbocycles. The molecule has 2 saturated heterocycles. The standard InChI is InChI=1S/C10H17N2O/c13-9-12-6-3-10(4-7-12)2-1-5-11-8-10/h11H,1-8H2. The zero-order valence-corrected chi connectivity index (χ0v) is 8.01. The topological polar surface area (TPSA) is 32.3 Å². The van der Waals surface area contributed by atoms with Crippen LogP contribution in [0, 0.1) is 5.41 Å². The summed E-state index contributed by atoms with van der Waals surface area (Å²) in [4.78, 5) is 12.2. The van der Waals surface area contributed by atoms with Gasteiger partial charge in [-0.2, -0.15) is 0 Å². The van der Waals surface area contributed by atoms with Crippen LogP contribution in [-0.4, -0.2) is 37.5 Å². The number of piperidine rings is 2. The van der Waals surface area contributed by atoms with Crippen molar-refractivity contribution in [1.29, 1.82) is 0 Å². The summed E-state index contributed by atoms with van der Waals surface area (Å²) in [7, 11) is 0. The van der Waals surface area contributed by atoms with Gasteiger partial charge in [-0.15, -0.1) is 0 Å². The highest BCUT2D eigenvalue weighted by atomic mass is 16.1. The molecule has 2 aliphatic rings. The van der Waals surface area contributed by atoms with Crippen LogP contribution >= 0.6 is 0 Å². The molecule has 73 valence electrons. The molecule has 0 aromatic carbocycles. The lowest BCUT2D eigenvalue weighted by atomic mass is 9.73. The van der Waals surface area contributed by atoms with Gasteiger partial charge >= 0.3 is 6.41 Å². The van der Waals surface area contributed by atoms with Gasteiger partial charge in [0, 0.05) is 19.6 Å². The monoisotopic (exact) mass is 181 g/mol. The Balaban J connectivity index is 1.91. The Labute approximate surface area is 79.5 Å². The molecule has 0 aliphatic carbocycles. The Morgan fingerprint density at radius 1 is 1.23 bits per heavy atom. The number of carbonyl (C=O) groups excluding carboxylic acids is 1. The number of hydrogen-bond donors (Lipinski definition) is 1. The molecule has 2 rings (SSSR count). The lowest BCUT2D eigenvalue weighted by Crippen LogP contribution is -2.47. The molecular formula is C10H17N2O. The molecule has 3 nitrogen and oxygen atoms in total. The first-order chi connectivity index (χ1) is 6.35. The predicted molar refractivity (Wildman–Crippen MR) is 51.0 cm³/mol. The zero-order valence-electron chi connectivity index (χ0n) is 8.01. The van der Waals surface area contributed by atoms with E-state index in [-0.39, 0.29) is 0 Å². The van der Waals surface area contributed by atoms with Crippen LogP contribution in [0.1, 0.15) is 25.7 Å². The van der Waals surface area contributed by atoms with Gasteiger partial charge in [0.2, 0.25) is 0 Å². The number of hydrogen-bond acceptors (Lipinski definition) is 2. The molecule has 13 heavy (non-hydrogen) atoms. The second kappa shape index (κ2) is 3.66. The average molecular weight is 181 g/mol. The first-order valence-electron chi connectivity index (χ1n) is 5.18. The van der Waals surface area contributed by atoms with Crippen molar-refractivity contribution in [2.24, 2.45) is 5.41 Å². The fraction of sp³-hybridized carbons (Fsp3) is 0.900. The lowest BCUT2D eigenvalue weighted by molar-refractivity contribution is 0.110. The van der Waals surface area contributed by atoms with E-state index >= 15 is 0 Å². The minimum Gasteiger partial charge on any atom is -0.334 e. The Kier molecular flexibility index (Phi) is 2.54. The van der Waals surface area contributed by atoms with Gasteiger partial charge in [-0.3, -0.25) is 4.79 Å². The summed E-state index contributed by atoms with van der Waals surface area (Å²) < 4.78 is 0. The Morgan fingerprint density at radius 3 is 2.54 bits per heavy atom. The van der Waals surface area contributed by atoms with E-state index in [1.54, 1.807) is 4.90 Å². The predicted octanol–water partition coefficient (Wildman–Crippen LogP) is 0.519. The van der Waals surface area contributed by atoms with Crippen molar-refractivity contribution >= 4 is 6.41 Å². The second-order valence-electron chi connectivity index (χ2n) is 4.36. The Hall–Kier alpha value is -0.570. The summed E-state index contributed by atoms with van der Waals surface area (Å²) in [6.45, 7) is 4.14. The SMILES string of the molecule is O=[C]N1CCC2(CCCNC2)CC1. The molecule has 0 atom stereocenters. The van der Waals surface area contributed by atoms with Gasteiger partial charge in [-0.1, -0.05) is 0 Å². The number of nitrogens with one attached hydrogen (secondary N) is 1. The van der Waals surface area contributed by atoms with E-state index in [2.05, 4.69) is 5.32 Å². The van der Waals surface area contributed by atoms with Crippen LogP contribution in [0.15, 0.2) is 0 Å². The van der Waals surface area contributed by atoms with E-state index in [1.807, 2.05) is 6.41 Å². The van der Waals surface area contributed by atoms with Crippen molar-refractivity contribution in [2.75, 3.05) is 26.2 Å². The summed E-state index contributed by atoms with van der Waals surface area (Å²) in [5.41, 5.74) is 0.506. The molecule has 0 bridgehead atoms. The Morgan fingerprint density at radius 2 is 2.00 bits per heavy atom. The van der Waals surface area contributed by atoms with Crippen LogP contribution in [0.4, 0.5) is 0 Å². The molecule has 2 heterocycles. The highest BCUT2D eigenvalue weighted by Crippen LogP contribution is 2.36. The van der Waals surface area contributed by atoms with E-state index in [1.165, 1.54) is 19.4 Å². The zero-order chi connectivity index (χ0) is 9.15. The quantitative estimate of drug-likeness (QED) is 0.639. The lowest BCUT2D eigenvalue weighted by Gasteiger charge is -2.43. The number of amides is 1. The summed E-state index contributed by atoms with van der Waals surface area (Å²) in [5, 5.41) is 3.46. The van der Waals surface area contributed by atoms with Gasteiger partial charge in [-0.05, 0) is 37.6 Å². The smallest absolute Gasteiger partial charge is 0.312 e. The van der Waals surface area contributed by atoms with Crippen molar-refractivity contribution < 1.29 is 4.79 Å². The molecule has 2 aliphatic heterocycles. The van der Waals surface area contributed by atoms with Gasteiger partial charge in [0.25, 0.3) is 0 Å². The van der Waals surface area contributed by atoms with Crippen molar-refractivity contribution in [3.63, 3.8) is 0 Å². The maximum Gasteiger partial charge on any atom is 0.312 e. The largest absolute Gasteiger partial charge is 0.334 e. The third-order valence-corrected chi connectivity index (χ3v) is 3.51. The average Bonchev–Trinajstić information content (AvgIpc) is 2.20. The molecule has 1 amide bonds. The Bertz CT molecular complexity index is 177. The molecule has 0 aromatic heterocycles. The number of rotatable bonds is 1. The summed E-state index contributed by atoms with van der Waals surface area (Å²) >= 11 is 0. The van der Waals surface area contributed by atoms with E-state index in [0.717, 1.165) is 32.5 Å². The molecule has 1 radical (unpaired) electrons. The molecule has 2 fully saturated rings. The van der Waals surface area contributed by atoms with Gasteiger partial charge in [0.05, 0.1) is 0 Å². The van der Waals surface area contributed by atoms with Crippen LogP contribution in [0.25, 0.3) is 0 Å². The van der Waals surface area contributed by atoms with Crippen LogP contribution < -0.4 is 5.32 Å². The molecule has 1 spiro atoms. The van der Waals surface area contributed by atoms with Gasteiger partial charge in [0.15, 0.2) is 0 Å². The van der Waals surface area contributed by atoms with Crippen molar-refractivity contribution in [3.05, 3.63) is 0 Å². The highest BCUT2D eigenvalue weighted by molar-refractivity contribution is 5.48. The fourth-order valence-electron chi connectivity index (χ4n) is 2.53. The molecule has 1 N–H and O–H groups in total. The van der Waals surface area contributed by atoms with Crippen LogP contribution in [-0.2, 0) is 4.79 Å². The third kappa shape index (κ3) is 1.85. The first kappa shape index (κ1) is 9.00. The normalized spacial score (nSPS) is 27.5. The number of likely N-dealkylation sites (tertiary alicyclic amines) is 1. The van der Waals surface area contributed by atoms with E-state index < -0.39 is 0 Å². The maximum absolute atomic E-state index is 10.4. The van der Waals surface area contributed by atoms with Crippen molar-refractivity contribution in [2.45, 2.75) is 25.7 Å². The summed E-state index contributed by atoms with van der Waals surface area (Å²) in [5.74, 6) is 0. The van der Waals surface area contributed by atoms with Gasteiger partial charge < -0.3 is 10.2 Å². The molecule has 0 unspecified atom stereocenters. The van der Waals surface area contributed by atoms with Crippen molar-refractivity contribution in [3.8, 4) is 0 Å². The van der Waals surface area contributed by atoms with Crippen LogP contribution in [0.3, 0.4) is 0 Å². The summed E-state index contributed by atoms with van der Waals surface area (Å²) in [6.07, 6.45) is 6.95. The first-order valence-corrected chi connectivity index (χ1v) is 5.18. The van der Waals surface area contributed by atoms with Crippen LogP contribution in [0.2, 0.25) is 0 Å². The van der Waals surface area contributed by atoms with E-state index in [4.69, 9.17) is 0 Å². The minimum atomic E-state index is 0.506. The van der Waals surface area contributed by atoms with Crippen molar-refractivity contribution in [1.82, 2.24) is 10.2 Å².